The van der Waals surface area contributed by atoms with Gasteiger partial charge in [-0.15, -0.1) is 6.42 Å². The zero-order valence-electron chi connectivity index (χ0n) is 12.9. The second-order valence-corrected chi connectivity index (χ2v) is 5.74. The van der Waals surface area contributed by atoms with Crippen LogP contribution >= 0.6 is 0 Å². The van der Waals surface area contributed by atoms with Gasteiger partial charge in [0.15, 0.2) is 11.5 Å². The zero-order chi connectivity index (χ0) is 15.3. The van der Waals surface area contributed by atoms with Crippen molar-refractivity contribution in [3.63, 3.8) is 0 Å². The summed E-state index contributed by atoms with van der Waals surface area (Å²) in [6, 6.07) is 5.96. The third-order valence-electron chi connectivity index (χ3n) is 4.52. The van der Waals surface area contributed by atoms with Crippen molar-refractivity contribution in [2.45, 2.75) is 44.1 Å². The molecule has 2 unspecified atom stereocenters. The lowest BCUT2D eigenvalue weighted by Crippen LogP contribution is -2.39. The highest BCUT2D eigenvalue weighted by Crippen LogP contribution is 2.37. The second kappa shape index (κ2) is 6.87. The Hall–Kier alpha value is -1.66. The topological polar surface area (TPSA) is 38.7 Å². The van der Waals surface area contributed by atoms with E-state index in [4.69, 9.17) is 15.9 Å². The van der Waals surface area contributed by atoms with Gasteiger partial charge in [-0.1, -0.05) is 18.4 Å². The molecule has 1 aliphatic carbocycles. The normalized spacial score (nSPS) is 25.1. The Morgan fingerprint density at radius 2 is 2.05 bits per heavy atom. The molecule has 0 spiro atoms. The van der Waals surface area contributed by atoms with Gasteiger partial charge in [0.2, 0.25) is 0 Å². The van der Waals surface area contributed by atoms with Crippen LogP contribution in [-0.2, 0) is 6.42 Å². The molecule has 0 heterocycles. The van der Waals surface area contributed by atoms with Gasteiger partial charge in [0.05, 0.1) is 14.2 Å². The standard InChI is InChI=1S/C18H24O3/c1-4-18(19)12-6-5-7-15(18)10-8-14-9-11-16(20-2)17(13-14)21-3/h1,9,11,13,15,19H,5-8,10,12H2,2-3H3. The molecule has 1 saturated carbocycles. The van der Waals surface area contributed by atoms with Crippen LogP contribution in [-0.4, -0.2) is 24.9 Å². The highest BCUT2D eigenvalue weighted by molar-refractivity contribution is 5.42. The van der Waals surface area contributed by atoms with Gasteiger partial charge in [-0.2, -0.15) is 0 Å². The predicted molar refractivity (Wildman–Crippen MR) is 83.6 cm³/mol. The van der Waals surface area contributed by atoms with Crippen molar-refractivity contribution in [1.29, 1.82) is 0 Å². The Balaban J connectivity index is 2.04. The van der Waals surface area contributed by atoms with Gasteiger partial charge >= 0.3 is 0 Å². The van der Waals surface area contributed by atoms with E-state index >= 15 is 0 Å². The molecule has 0 aliphatic heterocycles. The number of hydrogen-bond donors (Lipinski definition) is 1. The summed E-state index contributed by atoms with van der Waals surface area (Å²) in [5.41, 5.74) is 0.257. The maximum Gasteiger partial charge on any atom is 0.160 e. The smallest absolute Gasteiger partial charge is 0.160 e. The minimum Gasteiger partial charge on any atom is -0.493 e. The number of aryl methyl sites for hydroxylation is 1. The molecule has 1 aromatic carbocycles. The summed E-state index contributed by atoms with van der Waals surface area (Å²) < 4.78 is 10.6. The minimum atomic E-state index is -0.922. The number of terminal acetylenes is 1. The molecular weight excluding hydrogens is 264 g/mol. The SMILES string of the molecule is C#CC1(O)CCCCC1CCc1ccc(OC)c(OC)c1. The van der Waals surface area contributed by atoms with E-state index in [0.717, 1.165) is 50.0 Å². The molecule has 0 amide bonds. The number of aliphatic hydroxyl groups is 1. The van der Waals surface area contributed by atoms with Crippen LogP contribution in [0.25, 0.3) is 0 Å². The number of benzene rings is 1. The van der Waals surface area contributed by atoms with Crippen LogP contribution in [0.5, 0.6) is 11.5 Å². The van der Waals surface area contributed by atoms with Crippen LogP contribution < -0.4 is 9.47 Å². The lowest BCUT2D eigenvalue weighted by atomic mass is 9.73. The first-order valence-electron chi connectivity index (χ1n) is 7.54. The quantitative estimate of drug-likeness (QED) is 0.846. The van der Waals surface area contributed by atoms with Crippen LogP contribution in [0.4, 0.5) is 0 Å². The molecule has 0 radical (unpaired) electrons. The Morgan fingerprint density at radius 3 is 2.71 bits per heavy atom. The zero-order valence-corrected chi connectivity index (χ0v) is 12.9. The maximum atomic E-state index is 10.5. The van der Waals surface area contributed by atoms with Crippen molar-refractivity contribution in [2.24, 2.45) is 5.92 Å². The highest BCUT2D eigenvalue weighted by atomic mass is 16.5. The molecule has 2 rings (SSSR count). The van der Waals surface area contributed by atoms with Crippen molar-refractivity contribution in [3.05, 3.63) is 23.8 Å². The predicted octanol–water partition coefficient (Wildman–Crippen LogP) is 3.19. The lowest BCUT2D eigenvalue weighted by molar-refractivity contribution is 0.000880. The van der Waals surface area contributed by atoms with Gasteiger partial charge in [0, 0.05) is 0 Å². The number of methoxy groups -OCH3 is 2. The summed E-state index contributed by atoms with van der Waals surface area (Å²) >= 11 is 0. The van der Waals surface area contributed by atoms with E-state index in [1.54, 1.807) is 14.2 Å². The fourth-order valence-electron chi connectivity index (χ4n) is 3.18. The van der Waals surface area contributed by atoms with E-state index < -0.39 is 5.60 Å². The van der Waals surface area contributed by atoms with E-state index in [1.807, 2.05) is 18.2 Å². The monoisotopic (exact) mass is 288 g/mol. The first-order valence-corrected chi connectivity index (χ1v) is 7.54. The van der Waals surface area contributed by atoms with Gasteiger partial charge < -0.3 is 14.6 Å². The maximum absolute atomic E-state index is 10.5. The fraction of sp³-hybridized carbons (Fsp3) is 0.556. The molecule has 1 aliphatic rings. The molecular formula is C18H24O3. The lowest BCUT2D eigenvalue weighted by Gasteiger charge is -2.36. The van der Waals surface area contributed by atoms with Gasteiger partial charge in [-0.25, -0.2) is 0 Å². The summed E-state index contributed by atoms with van der Waals surface area (Å²) in [5.74, 6) is 4.28. The van der Waals surface area contributed by atoms with Gasteiger partial charge in [0.25, 0.3) is 0 Å². The molecule has 3 heteroatoms. The van der Waals surface area contributed by atoms with Crippen LogP contribution in [0.1, 0.15) is 37.7 Å². The van der Waals surface area contributed by atoms with Crippen molar-refractivity contribution < 1.29 is 14.6 Å². The molecule has 1 aromatic rings. The van der Waals surface area contributed by atoms with Crippen molar-refractivity contribution in [1.82, 2.24) is 0 Å². The summed E-state index contributed by atoms with van der Waals surface area (Å²) in [5, 5.41) is 10.5. The Kier molecular flexibility index (Phi) is 5.14. The van der Waals surface area contributed by atoms with Crippen LogP contribution in [0.2, 0.25) is 0 Å². The Labute approximate surface area is 127 Å². The molecule has 1 N–H and O–H groups in total. The van der Waals surface area contributed by atoms with E-state index in [1.165, 1.54) is 5.56 Å². The van der Waals surface area contributed by atoms with E-state index in [9.17, 15) is 5.11 Å². The second-order valence-electron chi connectivity index (χ2n) is 5.74. The summed E-state index contributed by atoms with van der Waals surface area (Å²) in [7, 11) is 3.27. The van der Waals surface area contributed by atoms with E-state index in [-0.39, 0.29) is 5.92 Å². The highest BCUT2D eigenvalue weighted by Gasteiger charge is 2.36. The first kappa shape index (κ1) is 15.7. The Bertz CT molecular complexity index is 518. The number of hydrogen-bond acceptors (Lipinski definition) is 3. The third kappa shape index (κ3) is 3.51. The average Bonchev–Trinajstić information content (AvgIpc) is 2.53. The molecule has 21 heavy (non-hydrogen) atoms. The fourth-order valence-corrected chi connectivity index (χ4v) is 3.18. The van der Waals surface area contributed by atoms with Crippen LogP contribution in [0, 0.1) is 18.3 Å². The van der Waals surface area contributed by atoms with Crippen LogP contribution in [0.15, 0.2) is 18.2 Å². The molecule has 114 valence electrons. The summed E-state index contributed by atoms with van der Waals surface area (Å²) in [6.45, 7) is 0. The molecule has 1 fully saturated rings. The van der Waals surface area contributed by atoms with E-state index in [0.29, 0.717) is 0 Å². The summed E-state index contributed by atoms with van der Waals surface area (Å²) in [4.78, 5) is 0. The minimum absolute atomic E-state index is 0.185. The molecule has 3 nitrogen and oxygen atoms in total. The van der Waals surface area contributed by atoms with Gasteiger partial charge in [-0.3, -0.25) is 0 Å². The molecule has 0 aromatic heterocycles. The average molecular weight is 288 g/mol. The van der Waals surface area contributed by atoms with Crippen LogP contribution in [0.3, 0.4) is 0 Å². The number of ether oxygens (including phenoxy) is 2. The largest absolute Gasteiger partial charge is 0.493 e. The Morgan fingerprint density at radius 1 is 1.29 bits per heavy atom. The van der Waals surface area contributed by atoms with Crippen molar-refractivity contribution >= 4 is 0 Å². The molecule has 0 bridgehead atoms. The third-order valence-corrected chi connectivity index (χ3v) is 4.52. The molecule has 2 atom stereocenters. The van der Waals surface area contributed by atoms with E-state index in [2.05, 4.69) is 5.92 Å². The van der Waals surface area contributed by atoms with Crippen molar-refractivity contribution in [3.8, 4) is 23.8 Å². The van der Waals surface area contributed by atoms with Gasteiger partial charge in [0.1, 0.15) is 5.60 Å². The van der Waals surface area contributed by atoms with Crippen molar-refractivity contribution in [2.75, 3.05) is 14.2 Å². The number of rotatable bonds is 5. The van der Waals surface area contributed by atoms with Gasteiger partial charge in [-0.05, 0) is 55.7 Å². The summed E-state index contributed by atoms with van der Waals surface area (Å²) in [6.07, 6.45) is 11.2. The first-order chi connectivity index (χ1) is 10.1. The molecule has 0 saturated heterocycles.